The van der Waals surface area contributed by atoms with Crippen LogP contribution in [0.25, 0.3) is 5.65 Å². The number of halogens is 1. The molecule has 0 aliphatic carbocycles. The van der Waals surface area contributed by atoms with Crippen molar-refractivity contribution in [3.8, 4) is 5.75 Å². The molecular weight excluding hydrogens is 336 g/mol. The van der Waals surface area contributed by atoms with Crippen molar-refractivity contribution < 1.29 is 4.74 Å². The number of nitrogens with one attached hydrogen (secondary N) is 1. The van der Waals surface area contributed by atoms with Crippen LogP contribution in [0, 0.1) is 5.92 Å². The van der Waals surface area contributed by atoms with E-state index in [0.717, 1.165) is 36.8 Å². The maximum absolute atomic E-state index is 5.83. The van der Waals surface area contributed by atoms with Gasteiger partial charge in [-0.2, -0.15) is 4.52 Å². The molecular formula is C13H19BrN6O. The molecule has 1 atom stereocenters. The van der Waals surface area contributed by atoms with Crippen molar-refractivity contribution in [3.05, 3.63) is 4.73 Å². The fraction of sp³-hybridized carbons (Fsp3) is 0.615. The number of hydrogen-bond donors (Lipinski definition) is 1. The van der Waals surface area contributed by atoms with Crippen molar-refractivity contribution in [1.82, 2.24) is 19.8 Å². The van der Waals surface area contributed by atoms with Crippen molar-refractivity contribution >= 4 is 33.1 Å². The molecule has 3 heterocycles. The minimum absolute atomic E-state index is 0.573. The minimum atomic E-state index is 0.573. The van der Waals surface area contributed by atoms with E-state index in [-0.39, 0.29) is 0 Å². The Hall–Kier alpha value is -1.57. The van der Waals surface area contributed by atoms with Crippen LogP contribution in [0.15, 0.2) is 4.73 Å². The lowest BCUT2D eigenvalue weighted by Crippen LogP contribution is -2.31. The smallest absolute Gasteiger partial charge is 0.223 e. The van der Waals surface area contributed by atoms with Crippen molar-refractivity contribution in [1.29, 1.82) is 0 Å². The lowest BCUT2D eigenvalue weighted by Gasteiger charge is -2.29. The summed E-state index contributed by atoms with van der Waals surface area (Å²) >= 11 is 3.37. The summed E-state index contributed by atoms with van der Waals surface area (Å²) in [6.07, 6.45) is 1.13. The van der Waals surface area contributed by atoms with Crippen molar-refractivity contribution in [2.75, 3.05) is 37.0 Å². The number of rotatable bonds is 4. The third-order valence-corrected chi connectivity index (χ3v) is 4.31. The van der Waals surface area contributed by atoms with Crippen LogP contribution >= 0.6 is 15.9 Å². The second-order valence-electron chi connectivity index (χ2n) is 5.40. The molecule has 3 rings (SSSR count). The van der Waals surface area contributed by atoms with Crippen LogP contribution in [0.4, 0.5) is 11.5 Å². The summed E-state index contributed by atoms with van der Waals surface area (Å²) in [5, 5.41) is 16.2. The molecule has 21 heavy (non-hydrogen) atoms. The zero-order valence-electron chi connectivity index (χ0n) is 12.4. The molecule has 0 radical (unpaired) electrons. The Labute approximate surface area is 131 Å². The minimum Gasteiger partial charge on any atom is -0.486 e. The second kappa shape index (κ2) is 5.67. The van der Waals surface area contributed by atoms with Gasteiger partial charge in [0.05, 0.1) is 6.54 Å². The summed E-state index contributed by atoms with van der Waals surface area (Å²) in [7, 11) is 2.04. The Morgan fingerprint density at radius 3 is 3.00 bits per heavy atom. The molecule has 114 valence electrons. The number of aromatic nitrogens is 4. The Morgan fingerprint density at radius 2 is 2.24 bits per heavy atom. The van der Waals surface area contributed by atoms with Crippen LogP contribution in [0.5, 0.6) is 5.75 Å². The summed E-state index contributed by atoms with van der Waals surface area (Å²) in [5.74, 6) is 2.13. The average molecular weight is 355 g/mol. The summed E-state index contributed by atoms with van der Waals surface area (Å²) in [6, 6.07) is 0. The number of fused-ring (bicyclic) bond motifs is 3. The lowest BCUT2D eigenvalue weighted by molar-refractivity contribution is 0.312. The molecule has 0 bridgehead atoms. The molecule has 0 saturated carbocycles. The number of nitrogens with zero attached hydrogens (tertiary/aromatic N) is 5. The fourth-order valence-electron chi connectivity index (χ4n) is 2.27. The van der Waals surface area contributed by atoms with Gasteiger partial charge in [-0.3, -0.25) is 0 Å². The summed E-state index contributed by atoms with van der Waals surface area (Å²) in [5.41, 5.74) is 1.59. The maximum atomic E-state index is 5.83. The highest BCUT2D eigenvalue weighted by Gasteiger charge is 2.26. The van der Waals surface area contributed by atoms with E-state index >= 15 is 0 Å². The molecule has 2 aromatic rings. The van der Waals surface area contributed by atoms with Gasteiger partial charge in [-0.05, 0) is 21.8 Å². The number of anilines is 2. The second-order valence-corrected chi connectivity index (χ2v) is 6.10. The van der Waals surface area contributed by atoms with Crippen LogP contribution in [0.1, 0.15) is 20.3 Å². The predicted molar refractivity (Wildman–Crippen MR) is 85.2 cm³/mol. The Balaban J connectivity index is 2.08. The van der Waals surface area contributed by atoms with Crippen molar-refractivity contribution in [3.63, 3.8) is 0 Å². The lowest BCUT2D eigenvalue weighted by atomic mass is 10.1. The van der Waals surface area contributed by atoms with Gasteiger partial charge in [0.15, 0.2) is 11.6 Å². The van der Waals surface area contributed by atoms with E-state index in [2.05, 4.69) is 55.3 Å². The SMILES string of the molecule is CCC(C)CNc1nn2c(Br)nnc2c2c1N(C)CCO2. The van der Waals surface area contributed by atoms with Gasteiger partial charge in [0, 0.05) is 13.6 Å². The topological polar surface area (TPSA) is 67.6 Å². The normalized spacial score (nSPS) is 15.7. The van der Waals surface area contributed by atoms with Crippen LogP contribution < -0.4 is 15.0 Å². The van der Waals surface area contributed by atoms with Crippen LogP contribution in [-0.4, -0.2) is 46.6 Å². The Kier molecular flexibility index (Phi) is 3.88. The summed E-state index contributed by atoms with van der Waals surface area (Å²) in [6.45, 7) is 6.74. The van der Waals surface area contributed by atoms with Crippen LogP contribution in [0.2, 0.25) is 0 Å². The van der Waals surface area contributed by atoms with Crippen LogP contribution in [0.3, 0.4) is 0 Å². The number of hydrogen-bond acceptors (Lipinski definition) is 6. The van der Waals surface area contributed by atoms with Gasteiger partial charge in [0.1, 0.15) is 12.3 Å². The van der Waals surface area contributed by atoms with Crippen molar-refractivity contribution in [2.24, 2.45) is 5.92 Å². The first kappa shape index (κ1) is 14.4. The first-order chi connectivity index (χ1) is 10.1. The average Bonchev–Trinajstić information content (AvgIpc) is 2.86. The van der Waals surface area contributed by atoms with Crippen molar-refractivity contribution in [2.45, 2.75) is 20.3 Å². The highest BCUT2D eigenvalue weighted by Crippen LogP contribution is 2.39. The van der Waals surface area contributed by atoms with Gasteiger partial charge in [0.25, 0.3) is 0 Å². The third kappa shape index (κ3) is 2.52. The number of likely N-dealkylation sites (N-methyl/N-ethyl adjacent to an activating group) is 1. The molecule has 1 aliphatic heterocycles. The van der Waals surface area contributed by atoms with Gasteiger partial charge < -0.3 is 15.0 Å². The van der Waals surface area contributed by atoms with E-state index < -0.39 is 0 Å². The molecule has 1 N–H and O–H groups in total. The molecule has 7 nitrogen and oxygen atoms in total. The van der Waals surface area contributed by atoms with E-state index in [4.69, 9.17) is 4.74 Å². The molecule has 0 saturated heterocycles. The Bertz CT molecular complexity index is 658. The molecule has 0 amide bonds. The third-order valence-electron chi connectivity index (χ3n) is 3.81. The first-order valence-electron chi connectivity index (χ1n) is 7.14. The largest absolute Gasteiger partial charge is 0.486 e. The molecule has 1 unspecified atom stereocenters. The zero-order chi connectivity index (χ0) is 15.0. The molecule has 0 aromatic carbocycles. The molecule has 2 aromatic heterocycles. The van der Waals surface area contributed by atoms with Gasteiger partial charge in [0.2, 0.25) is 10.4 Å². The maximum Gasteiger partial charge on any atom is 0.223 e. The standard InChI is InChI=1S/C13H19BrN6O/c1-4-8(2)7-15-11-9-10(21-6-5-19(9)3)12-16-17-13(14)20(12)18-11/h8H,4-7H2,1-3H3,(H,15,18). The van der Waals surface area contributed by atoms with Gasteiger partial charge in [-0.1, -0.05) is 20.3 Å². The molecule has 8 heteroatoms. The number of ether oxygens (including phenoxy) is 1. The molecule has 1 aliphatic rings. The van der Waals surface area contributed by atoms with E-state index in [9.17, 15) is 0 Å². The summed E-state index contributed by atoms with van der Waals surface area (Å²) < 4.78 is 8.06. The highest BCUT2D eigenvalue weighted by molar-refractivity contribution is 9.10. The van der Waals surface area contributed by atoms with Gasteiger partial charge >= 0.3 is 0 Å². The molecule has 0 fully saturated rings. The first-order valence-corrected chi connectivity index (χ1v) is 7.93. The van der Waals surface area contributed by atoms with E-state index in [1.165, 1.54) is 0 Å². The van der Waals surface area contributed by atoms with Gasteiger partial charge in [-0.15, -0.1) is 15.3 Å². The monoisotopic (exact) mass is 354 g/mol. The highest BCUT2D eigenvalue weighted by atomic mass is 79.9. The summed E-state index contributed by atoms with van der Waals surface area (Å²) in [4.78, 5) is 2.15. The quantitative estimate of drug-likeness (QED) is 0.907. The van der Waals surface area contributed by atoms with Crippen LogP contribution in [-0.2, 0) is 0 Å². The fourth-order valence-corrected chi connectivity index (χ4v) is 2.60. The van der Waals surface area contributed by atoms with Gasteiger partial charge in [-0.25, -0.2) is 0 Å². The van der Waals surface area contributed by atoms with E-state index in [1.807, 2.05) is 7.05 Å². The zero-order valence-corrected chi connectivity index (χ0v) is 14.0. The van der Waals surface area contributed by atoms with E-state index in [0.29, 0.717) is 22.9 Å². The Morgan fingerprint density at radius 1 is 1.43 bits per heavy atom. The molecule has 0 spiro atoms. The predicted octanol–water partition coefficient (Wildman–Crippen LogP) is 2.17. The van der Waals surface area contributed by atoms with E-state index in [1.54, 1.807) is 4.52 Å².